The second-order valence-corrected chi connectivity index (χ2v) is 6.65. The minimum Gasteiger partial charge on any atom is -0.476 e. The molecule has 0 radical (unpaired) electrons. The van der Waals surface area contributed by atoms with E-state index in [4.69, 9.17) is 10.8 Å². The number of carboxylic acids is 1. The lowest BCUT2D eigenvalue weighted by atomic mass is 9.98. The van der Waals surface area contributed by atoms with E-state index in [1.165, 1.54) is 17.4 Å². The van der Waals surface area contributed by atoms with Crippen LogP contribution in [0, 0.1) is 5.82 Å². The first-order valence-electron chi connectivity index (χ1n) is 7.48. The molecule has 1 aliphatic heterocycles. The molecule has 1 saturated heterocycles. The van der Waals surface area contributed by atoms with E-state index in [1.807, 2.05) is 6.07 Å². The predicted octanol–water partition coefficient (Wildman–Crippen LogP) is 2.94. The highest BCUT2D eigenvalue weighted by Gasteiger charge is 2.25. The van der Waals surface area contributed by atoms with Crippen molar-refractivity contribution in [1.82, 2.24) is 9.88 Å². The van der Waals surface area contributed by atoms with E-state index in [0.29, 0.717) is 6.54 Å². The molecule has 3 N–H and O–H groups in total. The van der Waals surface area contributed by atoms with Crippen LogP contribution in [0.2, 0.25) is 0 Å². The number of carbonyl (C=O) groups is 1. The van der Waals surface area contributed by atoms with Crippen LogP contribution in [-0.2, 0) is 6.54 Å². The number of thiazole rings is 1. The van der Waals surface area contributed by atoms with Gasteiger partial charge < -0.3 is 10.8 Å². The Morgan fingerprint density at radius 1 is 1.52 bits per heavy atom. The van der Waals surface area contributed by atoms with Crippen molar-refractivity contribution in [3.63, 3.8) is 0 Å². The van der Waals surface area contributed by atoms with Crippen LogP contribution in [0.1, 0.15) is 39.8 Å². The number of hydrogen-bond acceptors (Lipinski definition) is 5. The molecule has 1 atom stereocenters. The third-order valence-corrected chi connectivity index (χ3v) is 5.14. The fourth-order valence-electron chi connectivity index (χ4n) is 2.93. The number of carboxylic acid groups (broad SMARTS) is 1. The standard InChI is InChI=1S/C16H18FN3O2S/c17-12-5-1-3-10(14(12)18)7-20-6-2-4-11(8-20)15-19-13(9-23-15)16(21)22/h1,3,5,9,11H,2,4,6-8,18H2,(H,21,22). The van der Waals surface area contributed by atoms with Crippen molar-refractivity contribution >= 4 is 23.0 Å². The lowest BCUT2D eigenvalue weighted by Crippen LogP contribution is -2.34. The van der Waals surface area contributed by atoms with Gasteiger partial charge >= 0.3 is 5.97 Å². The number of nitrogen functional groups attached to an aromatic ring is 1. The van der Waals surface area contributed by atoms with E-state index in [-0.39, 0.29) is 23.1 Å². The van der Waals surface area contributed by atoms with E-state index >= 15 is 0 Å². The molecule has 5 nitrogen and oxygen atoms in total. The van der Waals surface area contributed by atoms with Gasteiger partial charge in [-0.05, 0) is 31.0 Å². The summed E-state index contributed by atoms with van der Waals surface area (Å²) in [5.41, 5.74) is 6.91. The SMILES string of the molecule is Nc1c(F)cccc1CN1CCCC(c2nc(C(=O)O)cs2)C1. The molecule has 1 unspecified atom stereocenters. The van der Waals surface area contributed by atoms with E-state index in [1.54, 1.807) is 11.4 Å². The molecule has 0 spiro atoms. The number of aromatic carboxylic acids is 1. The van der Waals surface area contributed by atoms with Gasteiger partial charge in [0, 0.05) is 24.4 Å². The van der Waals surface area contributed by atoms with Crippen LogP contribution in [-0.4, -0.2) is 34.0 Å². The van der Waals surface area contributed by atoms with Gasteiger partial charge in [0.1, 0.15) is 5.82 Å². The summed E-state index contributed by atoms with van der Waals surface area (Å²) in [4.78, 5) is 17.4. The van der Waals surface area contributed by atoms with E-state index in [2.05, 4.69) is 9.88 Å². The van der Waals surface area contributed by atoms with Gasteiger partial charge in [0.15, 0.2) is 5.69 Å². The maximum absolute atomic E-state index is 13.5. The molecular weight excluding hydrogens is 317 g/mol. The normalized spacial score (nSPS) is 18.9. The summed E-state index contributed by atoms with van der Waals surface area (Å²) < 4.78 is 13.5. The Bertz CT molecular complexity index is 719. The quantitative estimate of drug-likeness (QED) is 0.840. The largest absolute Gasteiger partial charge is 0.476 e. The molecule has 1 aromatic heterocycles. The molecule has 1 aromatic carbocycles. The van der Waals surface area contributed by atoms with Gasteiger partial charge in [-0.15, -0.1) is 11.3 Å². The first-order valence-corrected chi connectivity index (χ1v) is 8.36. The van der Waals surface area contributed by atoms with Crippen LogP contribution >= 0.6 is 11.3 Å². The molecule has 23 heavy (non-hydrogen) atoms. The third kappa shape index (κ3) is 3.51. The van der Waals surface area contributed by atoms with Crippen molar-refractivity contribution in [3.05, 3.63) is 45.7 Å². The van der Waals surface area contributed by atoms with E-state index in [0.717, 1.165) is 36.5 Å². The first-order chi connectivity index (χ1) is 11.0. The van der Waals surface area contributed by atoms with Crippen molar-refractivity contribution in [1.29, 1.82) is 0 Å². The van der Waals surface area contributed by atoms with Crippen LogP contribution in [0.25, 0.3) is 0 Å². The molecule has 0 aliphatic carbocycles. The second-order valence-electron chi connectivity index (χ2n) is 5.76. The fraction of sp³-hybridized carbons (Fsp3) is 0.375. The molecule has 0 saturated carbocycles. The van der Waals surface area contributed by atoms with Crippen LogP contribution in [0.15, 0.2) is 23.6 Å². The number of anilines is 1. The van der Waals surface area contributed by atoms with Crippen molar-refractivity contribution < 1.29 is 14.3 Å². The highest BCUT2D eigenvalue weighted by atomic mass is 32.1. The molecule has 1 aliphatic rings. The number of rotatable bonds is 4. The minimum atomic E-state index is -0.993. The average molecular weight is 335 g/mol. The third-order valence-electron chi connectivity index (χ3n) is 4.13. The summed E-state index contributed by atoms with van der Waals surface area (Å²) in [6.07, 6.45) is 1.99. The highest BCUT2D eigenvalue weighted by molar-refractivity contribution is 7.09. The Hall–Kier alpha value is -1.99. The molecule has 2 heterocycles. The fourth-order valence-corrected chi connectivity index (χ4v) is 3.86. The molecule has 0 bridgehead atoms. The van der Waals surface area contributed by atoms with Crippen LogP contribution in [0.3, 0.4) is 0 Å². The zero-order valence-electron chi connectivity index (χ0n) is 12.5. The number of piperidine rings is 1. The smallest absolute Gasteiger partial charge is 0.355 e. The van der Waals surface area contributed by atoms with Crippen molar-refractivity contribution in [2.45, 2.75) is 25.3 Å². The number of hydrogen-bond donors (Lipinski definition) is 2. The Kier molecular flexibility index (Phi) is 4.58. The molecule has 1 fully saturated rings. The lowest BCUT2D eigenvalue weighted by molar-refractivity contribution is 0.0691. The Morgan fingerprint density at radius 2 is 2.35 bits per heavy atom. The van der Waals surface area contributed by atoms with E-state index in [9.17, 15) is 9.18 Å². The zero-order valence-corrected chi connectivity index (χ0v) is 13.4. The molecule has 0 amide bonds. The second kappa shape index (κ2) is 6.64. The van der Waals surface area contributed by atoms with Crippen molar-refractivity contribution in [2.24, 2.45) is 0 Å². The Morgan fingerprint density at radius 3 is 3.09 bits per heavy atom. The number of nitrogens with zero attached hydrogens (tertiary/aromatic N) is 2. The molecule has 122 valence electrons. The molecular formula is C16H18FN3O2S. The number of benzene rings is 1. The topological polar surface area (TPSA) is 79.5 Å². The van der Waals surface area contributed by atoms with Gasteiger partial charge in [-0.25, -0.2) is 14.2 Å². The van der Waals surface area contributed by atoms with Crippen LogP contribution in [0.4, 0.5) is 10.1 Å². The maximum atomic E-state index is 13.5. The van der Waals surface area contributed by atoms with Gasteiger partial charge in [0.2, 0.25) is 0 Å². The molecule has 7 heteroatoms. The lowest BCUT2D eigenvalue weighted by Gasteiger charge is -2.32. The molecule has 2 aromatic rings. The predicted molar refractivity (Wildman–Crippen MR) is 87.1 cm³/mol. The zero-order chi connectivity index (χ0) is 16.4. The van der Waals surface area contributed by atoms with Gasteiger partial charge in [0.25, 0.3) is 0 Å². The number of halogens is 1. The maximum Gasteiger partial charge on any atom is 0.355 e. The Labute approximate surface area is 137 Å². The highest BCUT2D eigenvalue weighted by Crippen LogP contribution is 2.30. The summed E-state index contributed by atoms with van der Waals surface area (Å²) in [6, 6.07) is 4.87. The number of para-hydroxylation sites is 1. The summed E-state index contributed by atoms with van der Waals surface area (Å²) in [6.45, 7) is 2.30. The summed E-state index contributed by atoms with van der Waals surface area (Å²) >= 11 is 1.40. The van der Waals surface area contributed by atoms with Crippen molar-refractivity contribution in [3.8, 4) is 0 Å². The molecule has 3 rings (SSSR count). The van der Waals surface area contributed by atoms with Crippen molar-refractivity contribution in [2.75, 3.05) is 18.8 Å². The van der Waals surface area contributed by atoms with Gasteiger partial charge in [-0.2, -0.15) is 0 Å². The number of nitrogens with two attached hydrogens (primary N) is 1. The number of likely N-dealkylation sites (tertiary alicyclic amines) is 1. The van der Waals surface area contributed by atoms with Gasteiger partial charge in [-0.3, -0.25) is 4.90 Å². The average Bonchev–Trinajstić information content (AvgIpc) is 3.02. The summed E-state index contributed by atoms with van der Waals surface area (Å²) in [5.74, 6) is -1.16. The Balaban J connectivity index is 1.70. The van der Waals surface area contributed by atoms with Gasteiger partial charge in [0.05, 0.1) is 10.7 Å². The van der Waals surface area contributed by atoms with E-state index < -0.39 is 5.97 Å². The summed E-state index contributed by atoms with van der Waals surface area (Å²) in [5, 5.41) is 11.4. The van der Waals surface area contributed by atoms with Crippen LogP contribution < -0.4 is 5.73 Å². The monoisotopic (exact) mass is 335 g/mol. The summed E-state index contributed by atoms with van der Waals surface area (Å²) in [7, 11) is 0. The minimum absolute atomic E-state index is 0.108. The first kappa shape index (κ1) is 15.9. The number of aromatic nitrogens is 1. The van der Waals surface area contributed by atoms with Crippen LogP contribution in [0.5, 0.6) is 0 Å². The van der Waals surface area contributed by atoms with Gasteiger partial charge in [-0.1, -0.05) is 12.1 Å².